The Morgan fingerprint density at radius 1 is 0.472 bits per heavy atom. The van der Waals surface area contributed by atoms with E-state index < -0.39 is 0 Å². The first-order chi connectivity index (χ1) is 17.8. The zero-order valence-corrected chi connectivity index (χ0v) is 20.3. The van der Waals surface area contributed by atoms with E-state index in [1.54, 1.807) is 23.9 Å². The second-order valence-corrected chi connectivity index (χ2v) is 9.47. The summed E-state index contributed by atoms with van der Waals surface area (Å²) in [5.74, 6) is 0. The Morgan fingerprint density at radius 2 is 1.00 bits per heavy atom. The van der Waals surface area contributed by atoms with E-state index in [0.29, 0.717) is 0 Å². The van der Waals surface area contributed by atoms with E-state index in [2.05, 4.69) is 124 Å². The van der Waals surface area contributed by atoms with Gasteiger partial charge in [0.2, 0.25) is 0 Å². The molecule has 0 atom stereocenters. The SMILES string of the molecule is c1ccc(N(c2ccccc2)c2ccc(-c3ccc(-c4ccc(-c5ccncn5)s4)cc3)cc2)cc1. The summed E-state index contributed by atoms with van der Waals surface area (Å²) in [6.07, 6.45) is 3.37. The molecule has 0 unspecified atom stereocenters. The number of hydrogen-bond donors (Lipinski definition) is 0. The lowest BCUT2D eigenvalue weighted by atomic mass is 10.0. The average molecular weight is 482 g/mol. The maximum atomic E-state index is 4.36. The summed E-state index contributed by atoms with van der Waals surface area (Å²) in [5, 5.41) is 0. The van der Waals surface area contributed by atoms with Crippen LogP contribution in [0.2, 0.25) is 0 Å². The first-order valence-corrected chi connectivity index (χ1v) is 12.6. The predicted molar refractivity (Wildman–Crippen MR) is 151 cm³/mol. The summed E-state index contributed by atoms with van der Waals surface area (Å²) in [4.78, 5) is 13.0. The van der Waals surface area contributed by atoms with Gasteiger partial charge in [-0.25, -0.2) is 9.97 Å². The van der Waals surface area contributed by atoms with Crippen LogP contribution >= 0.6 is 11.3 Å². The maximum absolute atomic E-state index is 4.36. The lowest BCUT2D eigenvalue weighted by molar-refractivity contribution is 1.18. The van der Waals surface area contributed by atoms with Crippen LogP contribution in [0.15, 0.2) is 140 Å². The van der Waals surface area contributed by atoms with E-state index in [-0.39, 0.29) is 0 Å². The molecule has 36 heavy (non-hydrogen) atoms. The van der Waals surface area contributed by atoms with Crippen LogP contribution < -0.4 is 4.90 Å². The highest BCUT2D eigenvalue weighted by Crippen LogP contribution is 2.37. The maximum Gasteiger partial charge on any atom is 0.116 e. The normalized spacial score (nSPS) is 10.8. The van der Waals surface area contributed by atoms with Gasteiger partial charge in [0.15, 0.2) is 0 Å². The van der Waals surface area contributed by atoms with Crippen molar-refractivity contribution in [2.24, 2.45) is 0 Å². The fourth-order valence-corrected chi connectivity index (χ4v) is 5.29. The number of nitrogens with zero attached hydrogens (tertiary/aromatic N) is 3. The van der Waals surface area contributed by atoms with Crippen molar-refractivity contribution in [1.82, 2.24) is 9.97 Å². The molecule has 0 N–H and O–H groups in total. The second-order valence-electron chi connectivity index (χ2n) is 8.39. The number of thiophene rings is 1. The molecule has 0 saturated heterocycles. The fourth-order valence-electron chi connectivity index (χ4n) is 4.30. The van der Waals surface area contributed by atoms with E-state index >= 15 is 0 Å². The van der Waals surface area contributed by atoms with Crippen LogP contribution in [0.4, 0.5) is 17.1 Å². The highest BCUT2D eigenvalue weighted by molar-refractivity contribution is 7.18. The largest absolute Gasteiger partial charge is 0.311 e. The molecule has 0 spiro atoms. The summed E-state index contributed by atoms with van der Waals surface area (Å²) < 4.78 is 0. The van der Waals surface area contributed by atoms with E-state index in [1.807, 2.05) is 18.2 Å². The zero-order chi connectivity index (χ0) is 24.2. The van der Waals surface area contributed by atoms with Crippen molar-refractivity contribution >= 4 is 28.4 Å². The monoisotopic (exact) mass is 481 g/mol. The summed E-state index contributed by atoms with van der Waals surface area (Å²) >= 11 is 1.75. The van der Waals surface area contributed by atoms with Gasteiger partial charge in [0.1, 0.15) is 6.33 Å². The smallest absolute Gasteiger partial charge is 0.116 e. The molecule has 0 amide bonds. The lowest BCUT2D eigenvalue weighted by Gasteiger charge is -2.25. The summed E-state index contributed by atoms with van der Waals surface area (Å²) in [7, 11) is 0. The van der Waals surface area contributed by atoms with Crippen LogP contribution in [0, 0.1) is 0 Å². The van der Waals surface area contributed by atoms with Gasteiger partial charge in [0, 0.05) is 28.1 Å². The first kappa shape index (κ1) is 22.0. The van der Waals surface area contributed by atoms with Gasteiger partial charge in [0.05, 0.1) is 10.6 Å². The molecule has 6 rings (SSSR count). The third kappa shape index (κ3) is 4.54. The molecule has 2 aromatic heterocycles. The Bertz CT molecular complexity index is 1500. The molecule has 0 bridgehead atoms. The van der Waals surface area contributed by atoms with Crippen molar-refractivity contribution in [2.75, 3.05) is 4.90 Å². The Hall–Kier alpha value is -4.54. The van der Waals surface area contributed by atoms with Gasteiger partial charge in [-0.05, 0) is 71.3 Å². The minimum absolute atomic E-state index is 0.956. The molecular formula is C32H23N3S. The van der Waals surface area contributed by atoms with Crippen LogP contribution in [-0.4, -0.2) is 9.97 Å². The highest BCUT2D eigenvalue weighted by atomic mass is 32.1. The molecule has 0 fully saturated rings. The van der Waals surface area contributed by atoms with E-state index in [9.17, 15) is 0 Å². The van der Waals surface area contributed by atoms with Crippen LogP contribution in [-0.2, 0) is 0 Å². The standard InChI is InChI=1S/C32H23N3S/c1-3-7-27(8-4-1)35(28-9-5-2-6-10-28)29-17-15-25(16-18-29)24-11-13-26(14-12-24)31-19-20-32(36-31)30-21-22-33-23-34-30/h1-23H. The molecule has 0 saturated carbocycles. The summed E-state index contributed by atoms with van der Waals surface area (Å²) in [5.41, 5.74) is 7.96. The minimum atomic E-state index is 0.956. The zero-order valence-electron chi connectivity index (χ0n) is 19.5. The van der Waals surface area contributed by atoms with Crippen LogP contribution in [0.1, 0.15) is 0 Å². The number of benzene rings is 4. The van der Waals surface area contributed by atoms with E-state index in [1.165, 1.54) is 21.6 Å². The van der Waals surface area contributed by atoms with Crippen molar-refractivity contribution in [3.8, 4) is 32.1 Å². The van der Waals surface area contributed by atoms with Gasteiger partial charge in [0.25, 0.3) is 0 Å². The number of hydrogen-bond acceptors (Lipinski definition) is 4. The van der Waals surface area contributed by atoms with Crippen molar-refractivity contribution < 1.29 is 0 Å². The van der Waals surface area contributed by atoms with Gasteiger partial charge < -0.3 is 4.90 Å². The number of aromatic nitrogens is 2. The topological polar surface area (TPSA) is 29.0 Å². The lowest BCUT2D eigenvalue weighted by Crippen LogP contribution is -2.09. The quantitative estimate of drug-likeness (QED) is 0.238. The molecular weight excluding hydrogens is 458 g/mol. The number of para-hydroxylation sites is 2. The molecule has 6 aromatic rings. The molecule has 0 aliphatic carbocycles. The van der Waals surface area contributed by atoms with Crippen LogP contribution in [0.3, 0.4) is 0 Å². The summed E-state index contributed by atoms with van der Waals surface area (Å²) in [6.45, 7) is 0. The van der Waals surface area contributed by atoms with Crippen molar-refractivity contribution in [1.29, 1.82) is 0 Å². The van der Waals surface area contributed by atoms with E-state index in [4.69, 9.17) is 0 Å². The van der Waals surface area contributed by atoms with Gasteiger partial charge in [-0.3, -0.25) is 0 Å². The highest BCUT2D eigenvalue weighted by Gasteiger charge is 2.12. The van der Waals surface area contributed by atoms with Crippen LogP contribution in [0.25, 0.3) is 32.1 Å². The Labute approximate surface area is 215 Å². The fraction of sp³-hybridized carbons (Fsp3) is 0. The molecule has 0 aliphatic heterocycles. The predicted octanol–water partition coefficient (Wildman–Crippen LogP) is 9.01. The Kier molecular flexibility index (Phi) is 6.09. The molecule has 0 radical (unpaired) electrons. The molecule has 3 nitrogen and oxygen atoms in total. The Morgan fingerprint density at radius 3 is 1.58 bits per heavy atom. The summed E-state index contributed by atoms with van der Waals surface area (Å²) in [6, 6.07) is 44.7. The minimum Gasteiger partial charge on any atom is -0.311 e. The van der Waals surface area contributed by atoms with E-state index in [0.717, 1.165) is 27.6 Å². The first-order valence-electron chi connectivity index (χ1n) is 11.8. The van der Waals surface area contributed by atoms with Crippen molar-refractivity contribution in [2.45, 2.75) is 0 Å². The number of rotatable bonds is 6. The van der Waals surface area contributed by atoms with Crippen LogP contribution in [0.5, 0.6) is 0 Å². The Balaban J connectivity index is 1.26. The van der Waals surface area contributed by atoms with Gasteiger partial charge in [-0.15, -0.1) is 11.3 Å². The molecule has 172 valence electrons. The molecule has 0 aliphatic rings. The molecule has 2 heterocycles. The van der Waals surface area contributed by atoms with Gasteiger partial charge in [-0.1, -0.05) is 72.8 Å². The van der Waals surface area contributed by atoms with Gasteiger partial charge >= 0.3 is 0 Å². The van der Waals surface area contributed by atoms with Crippen molar-refractivity contribution in [3.63, 3.8) is 0 Å². The third-order valence-corrected chi connectivity index (χ3v) is 7.25. The third-order valence-electron chi connectivity index (χ3n) is 6.10. The second kappa shape index (κ2) is 9.98. The van der Waals surface area contributed by atoms with Crippen molar-refractivity contribution in [3.05, 3.63) is 140 Å². The number of anilines is 3. The van der Waals surface area contributed by atoms with Gasteiger partial charge in [-0.2, -0.15) is 0 Å². The molecule has 4 aromatic carbocycles. The average Bonchev–Trinajstić information content (AvgIpc) is 3.46. The molecule has 4 heteroatoms.